The third-order valence-corrected chi connectivity index (χ3v) is 2.67. The first-order valence-electron chi connectivity index (χ1n) is 6.35. The fourth-order valence-electron chi connectivity index (χ4n) is 1.69. The van der Waals surface area contributed by atoms with Gasteiger partial charge in [-0.25, -0.2) is 0 Å². The summed E-state index contributed by atoms with van der Waals surface area (Å²) in [4.78, 5) is 0. The molecule has 0 unspecified atom stereocenters. The van der Waals surface area contributed by atoms with E-state index in [1.807, 2.05) is 0 Å². The van der Waals surface area contributed by atoms with Crippen LogP contribution in [0.15, 0.2) is 12.3 Å². The first-order chi connectivity index (χ1) is 8.54. The molecule has 0 radical (unpaired) electrons. The average molecular weight is 263 g/mol. The van der Waals surface area contributed by atoms with Crippen LogP contribution in [-0.2, 0) is 12.7 Å². The van der Waals surface area contributed by atoms with Crippen LogP contribution in [0.3, 0.4) is 0 Å². The van der Waals surface area contributed by atoms with Crippen LogP contribution in [0.2, 0.25) is 0 Å². The fourth-order valence-corrected chi connectivity index (χ4v) is 1.69. The van der Waals surface area contributed by atoms with Crippen molar-refractivity contribution in [1.29, 1.82) is 0 Å². The summed E-state index contributed by atoms with van der Waals surface area (Å²) < 4.78 is 38.2. The molecular formula is C12H20F3N3. The first-order valence-corrected chi connectivity index (χ1v) is 6.35. The standard InChI is InChI=1S/C12H20F3N3/c1-2-16-8-5-3-4-6-9-18-10-7-11(17-18)12(13,14)15/h7,10,16H,2-6,8-9H2,1H3. The topological polar surface area (TPSA) is 29.9 Å². The van der Waals surface area contributed by atoms with E-state index in [2.05, 4.69) is 17.3 Å². The summed E-state index contributed by atoms with van der Waals surface area (Å²) >= 11 is 0. The molecule has 0 saturated heterocycles. The summed E-state index contributed by atoms with van der Waals surface area (Å²) in [5, 5.41) is 6.74. The van der Waals surface area contributed by atoms with E-state index in [-0.39, 0.29) is 0 Å². The van der Waals surface area contributed by atoms with Crippen molar-refractivity contribution >= 4 is 0 Å². The van der Waals surface area contributed by atoms with Gasteiger partial charge in [0.05, 0.1) is 0 Å². The molecule has 1 aromatic rings. The quantitative estimate of drug-likeness (QED) is 0.730. The summed E-state index contributed by atoms with van der Waals surface area (Å²) in [7, 11) is 0. The van der Waals surface area contributed by atoms with E-state index in [0.29, 0.717) is 6.54 Å². The van der Waals surface area contributed by atoms with Crippen LogP contribution in [0.1, 0.15) is 38.3 Å². The summed E-state index contributed by atoms with van der Waals surface area (Å²) in [6.45, 7) is 4.61. The number of nitrogens with one attached hydrogen (secondary N) is 1. The lowest BCUT2D eigenvalue weighted by molar-refractivity contribution is -0.141. The van der Waals surface area contributed by atoms with Crippen molar-refractivity contribution in [3.63, 3.8) is 0 Å². The zero-order valence-corrected chi connectivity index (χ0v) is 10.6. The lowest BCUT2D eigenvalue weighted by Crippen LogP contribution is -2.13. The summed E-state index contributed by atoms with van der Waals surface area (Å²) in [5.74, 6) is 0. The predicted octanol–water partition coefficient (Wildman–Crippen LogP) is 3.07. The molecule has 0 atom stereocenters. The van der Waals surface area contributed by atoms with Crippen LogP contribution < -0.4 is 5.32 Å². The summed E-state index contributed by atoms with van der Waals surface area (Å²) in [5.41, 5.74) is -0.811. The third-order valence-electron chi connectivity index (χ3n) is 2.67. The minimum atomic E-state index is -4.34. The van der Waals surface area contributed by atoms with Gasteiger partial charge in [-0.05, 0) is 32.0 Å². The van der Waals surface area contributed by atoms with Crippen LogP contribution >= 0.6 is 0 Å². The lowest BCUT2D eigenvalue weighted by atomic mass is 10.2. The van der Waals surface area contributed by atoms with Gasteiger partial charge in [-0.2, -0.15) is 18.3 Å². The Morgan fingerprint density at radius 3 is 2.56 bits per heavy atom. The number of halogens is 3. The molecule has 1 heterocycles. The van der Waals surface area contributed by atoms with Crippen molar-refractivity contribution in [3.8, 4) is 0 Å². The van der Waals surface area contributed by atoms with E-state index in [1.165, 1.54) is 10.9 Å². The maximum absolute atomic E-state index is 12.3. The Bertz CT molecular complexity index is 334. The molecule has 0 aliphatic rings. The molecule has 1 rings (SSSR count). The van der Waals surface area contributed by atoms with E-state index in [1.54, 1.807) is 0 Å². The molecule has 0 aliphatic carbocycles. The van der Waals surface area contributed by atoms with Crippen LogP contribution in [0.5, 0.6) is 0 Å². The zero-order chi connectivity index (χ0) is 13.4. The number of aryl methyl sites for hydroxylation is 1. The second-order valence-electron chi connectivity index (χ2n) is 4.23. The zero-order valence-electron chi connectivity index (χ0n) is 10.6. The molecule has 1 N–H and O–H groups in total. The van der Waals surface area contributed by atoms with Gasteiger partial charge >= 0.3 is 6.18 Å². The highest BCUT2D eigenvalue weighted by molar-refractivity contribution is 5.03. The molecule has 18 heavy (non-hydrogen) atoms. The number of unbranched alkanes of at least 4 members (excludes halogenated alkanes) is 3. The van der Waals surface area contributed by atoms with Crippen LogP contribution in [-0.4, -0.2) is 22.9 Å². The molecule has 0 amide bonds. The highest BCUT2D eigenvalue weighted by Gasteiger charge is 2.33. The normalized spacial score (nSPS) is 12.0. The number of alkyl halides is 3. The molecule has 0 saturated carbocycles. The van der Waals surface area contributed by atoms with Gasteiger partial charge in [0.15, 0.2) is 5.69 Å². The van der Waals surface area contributed by atoms with Gasteiger partial charge in [-0.15, -0.1) is 0 Å². The van der Waals surface area contributed by atoms with Gasteiger partial charge in [0.1, 0.15) is 0 Å². The molecule has 0 spiro atoms. The minimum absolute atomic E-state index is 0.553. The number of rotatable bonds is 8. The van der Waals surface area contributed by atoms with E-state index in [0.717, 1.165) is 44.8 Å². The molecule has 0 fully saturated rings. The molecule has 3 nitrogen and oxygen atoms in total. The molecule has 0 aliphatic heterocycles. The second-order valence-corrected chi connectivity index (χ2v) is 4.23. The third kappa shape index (κ3) is 5.53. The highest BCUT2D eigenvalue weighted by Crippen LogP contribution is 2.27. The number of aromatic nitrogens is 2. The summed E-state index contributed by atoms with van der Waals surface area (Å²) in [6.07, 6.45) is 1.15. The van der Waals surface area contributed by atoms with E-state index in [4.69, 9.17) is 0 Å². The van der Waals surface area contributed by atoms with E-state index in [9.17, 15) is 13.2 Å². The Labute approximate surface area is 105 Å². The molecule has 1 aromatic heterocycles. The number of nitrogens with zero attached hydrogens (tertiary/aromatic N) is 2. The van der Waals surface area contributed by atoms with Crippen LogP contribution in [0.25, 0.3) is 0 Å². The van der Waals surface area contributed by atoms with Crippen molar-refractivity contribution in [3.05, 3.63) is 18.0 Å². The minimum Gasteiger partial charge on any atom is -0.317 e. The lowest BCUT2D eigenvalue weighted by Gasteiger charge is -2.04. The van der Waals surface area contributed by atoms with Gasteiger partial charge in [0.2, 0.25) is 0 Å². The van der Waals surface area contributed by atoms with Crippen LogP contribution in [0.4, 0.5) is 13.2 Å². The van der Waals surface area contributed by atoms with Gasteiger partial charge in [-0.1, -0.05) is 19.8 Å². The monoisotopic (exact) mass is 263 g/mol. The second kappa shape index (κ2) is 7.41. The molecule has 6 heteroatoms. The first kappa shape index (κ1) is 15.0. The Kier molecular flexibility index (Phi) is 6.18. The van der Waals surface area contributed by atoms with E-state index >= 15 is 0 Å². The predicted molar refractivity (Wildman–Crippen MR) is 64.2 cm³/mol. The van der Waals surface area contributed by atoms with Crippen molar-refractivity contribution in [2.45, 2.75) is 45.3 Å². The Balaban J connectivity index is 2.14. The van der Waals surface area contributed by atoms with Crippen molar-refractivity contribution in [2.24, 2.45) is 0 Å². The molecule has 0 aromatic carbocycles. The maximum atomic E-state index is 12.3. The van der Waals surface area contributed by atoms with Gasteiger partial charge in [0, 0.05) is 12.7 Å². The van der Waals surface area contributed by atoms with E-state index < -0.39 is 11.9 Å². The number of hydrogen-bond donors (Lipinski definition) is 1. The van der Waals surface area contributed by atoms with Crippen molar-refractivity contribution in [1.82, 2.24) is 15.1 Å². The average Bonchev–Trinajstić information content (AvgIpc) is 2.76. The Morgan fingerprint density at radius 1 is 1.22 bits per heavy atom. The Morgan fingerprint density at radius 2 is 1.94 bits per heavy atom. The van der Waals surface area contributed by atoms with Crippen LogP contribution in [0, 0.1) is 0 Å². The Hall–Kier alpha value is -1.04. The molecular weight excluding hydrogens is 243 g/mol. The van der Waals surface area contributed by atoms with Gasteiger partial charge < -0.3 is 5.32 Å². The maximum Gasteiger partial charge on any atom is 0.435 e. The smallest absolute Gasteiger partial charge is 0.317 e. The van der Waals surface area contributed by atoms with Crippen molar-refractivity contribution in [2.75, 3.05) is 13.1 Å². The largest absolute Gasteiger partial charge is 0.435 e. The number of hydrogen-bond acceptors (Lipinski definition) is 2. The van der Waals surface area contributed by atoms with Gasteiger partial charge in [-0.3, -0.25) is 4.68 Å². The summed E-state index contributed by atoms with van der Waals surface area (Å²) in [6, 6.07) is 1.02. The fraction of sp³-hybridized carbons (Fsp3) is 0.750. The molecule has 104 valence electrons. The van der Waals surface area contributed by atoms with Gasteiger partial charge in [0.25, 0.3) is 0 Å². The molecule has 0 bridgehead atoms. The highest BCUT2D eigenvalue weighted by atomic mass is 19.4. The van der Waals surface area contributed by atoms with Crippen molar-refractivity contribution < 1.29 is 13.2 Å². The SMILES string of the molecule is CCNCCCCCCn1ccc(C(F)(F)F)n1.